The van der Waals surface area contributed by atoms with Crippen molar-refractivity contribution in [3.8, 4) is 0 Å². The van der Waals surface area contributed by atoms with Crippen molar-refractivity contribution in [2.45, 2.75) is 6.54 Å². The van der Waals surface area contributed by atoms with E-state index in [1.54, 1.807) is 0 Å². The van der Waals surface area contributed by atoms with Crippen LogP contribution in [-0.2, 0) is 6.54 Å². The van der Waals surface area contributed by atoms with E-state index in [0.717, 1.165) is 75.8 Å². The Morgan fingerprint density at radius 3 is 2.18 bits per heavy atom. The average molecular weight is 302 g/mol. The van der Waals surface area contributed by atoms with E-state index in [0.29, 0.717) is 0 Å². The van der Waals surface area contributed by atoms with E-state index in [1.165, 1.54) is 0 Å². The van der Waals surface area contributed by atoms with Gasteiger partial charge >= 0.3 is 0 Å². The summed E-state index contributed by atoms with van der Waals surface area (Å²) < 4.78 is 0. The molecule has 6 nitrogen and oxygen atoms in total. The van der Waals surface area contributed by atoms with Crippen molar-refractivity contribution in [3.63, 3.8) is 0 Å². The predicted octanol–water partition coefficient (Wildman–Crippen LogP) is 0.147. The minimum absolute atomic E-state index is 0.871. The maximum Gasteiger partial charge on any atom is 0.121 e. The van der Waals surface area contributed by atoms with Crippen LogP contribution < -0.4 is 16.0 Å². The largest absolute Gasteiger partial charge is 0.341 e. The van der Waals surface area contributed by atoms with Crippen LogP contribution in [0.4, 0.5) is 0 Å². The summed E-state index contributed by atoms with van der Waals surface area (Å²) >= 11 is 0. The van der Waals surface area contributed by atoms with Crippen LogP contribution in [0.3, 0.4) is 0 Å². The third kappa shape index (κ3) is 4.51. The molecule has 22 heavy (non-hydrogen) atoms. The van der Waals surface area contributed by atoms with Crippen LogP contribution >= 0.6 is 0 Å². The number of para-hydroxylation sites is 2. The zero-order valence-corrected chi connectivity index (χ0v) is 13.1. The molecule has 0 amide bonds. The third-order valence-electron chi connectivity index (χ3n) is 3.98. The Kier molecular flexibility index (Phi) is 5.78. The highest BCUT2D eigenvalue weighted by Gasteiger charge is 2.09. The summed E-state index contributed by atoms with van der Waals surface area (Å²) in [5, 5.41) is 10.4. The van der Waals surface area contributed by atoms with Crippen molar-refractivity contribution in [2.24, 2.45) is 0 Å². The minimum atomic E-state index is 0.871. The van der Waals surface area contributed by atoms with Gasteiger partial charge in [0.25, 0.3) is 0 Å². The fourth-order valence-electron chi connectivity index (χ4n) is 2.77. The van der Waals surface area contributed by atoms with Gasteiger partial charge in [0.05, 0.1) is 17.6 Å². The molecule has 1 aromatic heterocycles. The smallest absolute Gasteiger partial charge is 0.121 e. The number of nitrogens with zero attached hydrogens (tertiary/aromatic N) is 2. The molecule has 6 heteroatoms. The van der Waals surface area contributed by atoms with Gasteiger partial charge in [0.1, 0.15) is 5.82 Å². The molecule has 0 aliphatic carbocycles. The number of hydrogen-bond donors (Lipinski definition) is 4. The number of hydrogen-bond acceptors (Lipinski definition) is 5. The second kappa shape index (κ2) is 8.24. The number of aromatic nitrogens is 2. The summed E-state index contributed by atoms with van der Waals surface area (Å²) in [6.07, 6.45) is 0. The number of nitrogens with one attached hydrogen (secondary N) is 4. The number of aromatic amines is 1. The van der Waals surface area contributed by atoms with Crippen LogP contribution in [0.15, 0.2) is 24.3 Å². The van der Waals surface area contributed by atoms with E-state index < -0.39 is 0 Å². The van der Waals surface area contributed by atoms with Crippen LogP contribution in [0, 0.1) is 0 Å². The van der Waals surface area contributed by atoms with Gasteiger partial charge in [-0.1, -0.05) is 12.1 Å². The molecule has 0 spiro atoms. The lowest BCUT2D eigenvalue weighted by Gasteiger charge is -2.22. The molecular formula is C16H26N6. The van der Waals surface area contributed by atoms with Crippen molar-refractivity contribution < 1.29 is 0 Å². The van der Waals surface area contributed by atoms with E-state index in [-0.39, 0.29) is 0 Å². The van der Waals surface area contributed by atoms with Gasteiger partial charge in [-0.25, -0.2) is 4.98 Å². The minimum Gasteiger partial charge on any atom is -0.341 e. The van der Waals surface area contributed by atoms with Gasteiger partial charge in [-0.15, -0.1) is 0 Å². The number of H-pyrrole nitrogens is 1. The molecule has 3 rings (SSSR count). The first-order chi connectivity index (χ1) is 10.9. The first kappa shape index (κ1) is 15.4. The van der Waals surface area contributed by atoms with Gasteiger partial charge in [0.15, 0.2) is 0 Å². The molecule has 1 aromatic carbocycles. The van der Waals surface area contributed by atoms with Crippen molar-refractivity contribution >= 4 is 11.0 Å². The molecule has 4 N–H and O–H groups in total. The quantitative estimate of drug-likeness (QED) is 0.636. The topological polar surface area (TPSA) is 68.0 Å². The molecule has 1 aliphatic heterocycles. The van der Waals surface area contributed by atoms with Crippen LogP contribution in [0.5, 0.6) is 0 Å². The Morgan fingerprint density at radius 1 is 0.864 bits per heavy atom. The lowest BCUT2D eigenvalue weighted by atomic mass is 10.3. The number of benzene rings is 1. The van der Waals surface area contributed by atoms with Gasteiger partial charge < -0.3 is 20.9 Å². The van der Waals surface area contributed by atoms with E-state index in [4.69, 9.17) is 0 Å². The molecule has 120 valence electrons. The van der Waals surface area contributed by atoms with Crippen molar-refractivity contribution in [2.75, 3.05) is 52.4 Å². The second-order valence-corrected chi connectivity index (χ2v) is 5.73. The highest BCUT2D eigenvalue weighted by molar-refractivity contribution is 5.74. The lowest BCUT2D eigenvalue weighted by Crippen LogP contribution is -2.41. The molecule has 0 radical (unpaired) electrons. The predicted molar refractivity (Wildman–Crippen MR) is 90.0 cm³/mol. The van der Waals surface area contributed by atoms with Gasteiger partial charge in [-0.3, -0.25) is 4.90 Å². The Balaban J connectivity index is 1.59. The molecule has 1 aliphatic rings. The first-order valence-electron chi connectivity index (χ1n) is 8.20. The zero-order valence-electron chi connectivity index (χ0n) is 13.1. The summed E-state index contributed by atoms with van der Waals surface area (Å²) in [7, 11) is 0. The molecule has 0 bridgehead atoms. The lowest BCUT2D eigenvalue weighted by molar-refractivity contribution is 0.258. The summed E-state index contributed by atoms with van der Waals surface area (Å²) in [6.45, 7) is 9.10. The van der Waals surface area contributed by atoms with Gasteiger partial charge in [0.2, 0.25) is 0 Å². The van der Waals surface area contributed by atoms with Gasteiger partial charge in [0, 0.05) is 52.4 Å². The van der Waals surface area contributed by atoms with Gasteiger partial charge in [-0.2, -0.15) is 0 Å². The molecule has 0 atom stereocenters. The molecule has 0 saturated carbocycles. The standard InChI is InChI=1S/C16H26N6/c1-2-4-15-14(3-1)20-16(21-15)13-22-11-9-18-7-5-17-6-8-19-10-12-22/h1-4,17-19H,5-13H2,(H,20,21). The van der Waals surface area contributed by atoms with Crippen molar-refractivity contribution in [1.29, 1.82) is 0 Å². The van der Waals surface area contributed by atoms with Crippen molar-refractivity contribution in [3.05, 3.63) is 30.1 Å². The molecule has 2 heterocycles. The fourth-order valence-corrected chi connectivity index (χ4v) is 2.77. The van der Waals surface area contributed by atoms with Crippen LogP contribution in [-0.4, -0.2) is 67.2 Å². The second-order valence-electron chi connectivity index (χ2n) is 5.73. The zero-order chi connectivity index (χ0) is 15.0. The normalized spacial score (nSPS) is 19.6. The highest BCUT2D eigenvalue weighted by atomic mass is 15.2. The van der Waals surface area contributed by atoms with Crippen LogP contribution in [0.25, 0.3) is 11.0 Å². The number of imidazole rings is 1. The Morgan fingerprint density at radius 2 is 1.50 bits per heavy atom. The monoisotopic (exact) mass is 302 g/mol. The van der Waals surface area contributed by atoms with Crippen molar-refractivity contribution in [1.82, 2.24) is 30.8 Å². The Labute approximate surface area is 131 Å². The molecule has 1 fully saturated rings. The third-order valence-corrected chi connectivity index (χ3v) is 3.98. The fraction of sp³-hybridized carbons (Fsp3) is 0.562. The number of rotatable bonds is 2. The first-order valence-corrected chi connectivity index (χ1v) is 8.20. The maximum atomic E-state index is 4.69. The van der Waals surface area contributed by atoms with E-state index >= 15 is 0 Å². The summed E-state index contributed by atoms with van der Waals surface area (Å²) in [5.41, 5.74) is 2.17. The molecule has 1 saturated heterocycles. The number of fused-ring (bicyclic) bond motifs is 1. The summed E-state index contributed by atoms with van der Waals surface area (Å²) in [4.78, 5) is 10.6. The van der Waals surface area contributed by atoms with Crippen LogP contribution in [0.1, 0.15) is 5.82 Å². The Hall–Kier alpha value is -1.47. The summed E-state index contributed by atoms with van der Waals surface area (Å²) in [5.74, 6) is 1.05. The van der Waals surface area contributed by atoms with E-state index in [1.807, 2.05) is 12.1 Å². The average Bonchev–Trinajstić information content (AvgIpc) is 2.92. The molecule has 0 unspecified atom stereocenters. The molecule has 2 aromatic rings. The summed E-state index contributed by atoms with van der Waals surface area (Å²) in [6, 6.07) is 8.22. The SMILES string of the molecule is c1ccc2[nH]c(CN3CCNCCNCCNCC3)nc2c1. The Bertz CT molecular complexity index is 522. The maximum absolute atomic E-state index is 4.69. The highest BCUT2D eigenvalue weighted by Crippen LogP contribution is 2.11. The van der Waals surface area contributed by atoms with Crippen LogP contribution in [0.2, 0.25) is 0 Å². The van der Waals surface area contributed by atoms with Gasteiger partial charge in [-0.05, 0) is 12.1 Å². The van der Waals surface area contributed by atoms with E-state index in [9.17, 15) is 0 Å². The van der Waals surface area contributed by atoms with E-state index in [2.05, 4.69) is 43.0 Å². The molecular weight excluding hydrogens is 276 g/mol.